The maximum atomic E-state index is 12.4. The fourth-order valence-electron chi connectivity index (χ4n) is 4.90. The van der Waals surface area contributed by atoms with E-state index in [4.69, 9.17) is 0 Å². The summed E-state index contributed by atoms with van der Waals surface area (Å²) in [5.41, 5.74) is 3.23. The molecule has 2 fully saturated rings. The molecule has 6 heteroatoms. The van der Waals surface area contributed by atoms with E-state index in [1.54, 1.807) is 12.4 Å². The van der Waals surface area contributed by atoms with Gasteiger partial charge in [0.2, 0.25) is 0 Å². The normalized spacial score (nSPS) is 19.9. The summed E-state index contributed by atoms with van der Waals surface area (Å²) in [5, 5.41) is 7.91. The molecule has 30 heavy (non-hydrogen) atoms. The van der Waals surface area contributed by atoms with Crippen molar-refractivity contribution in [2.24, 2.45) is 0 Å². The zero-order valence-corrected chi connectivity index (χ0v) is 17.7. The standard InChI is InChI=1S/C24H26N4O.ClH/c29-24(27-23-6-1-3-18-16-25-14-13-22(18)23)26-15-17-7-9-21(10-8-17)28-19-4-2-5-20(28)12-11-19;/h1,3,6-10,13-14,16,19-20H,2,4-5,11-12,15H2,(H2,26,27,29);1H/t19-,20+;. The summed E-state index contributed by atoms with van der Waals surface area (Å²) in [6.45, 7) is 0.505. The Bertz CT molecular complexity index is 1000. The van der Waals surface area contributed by atoms with Crippen LogP contribution < -0.4 is 15.5 Å². The highest BCUT2D eigenvalue weighted by molar-refractivity contribution is 6.01. The van der Waals surface area contributed by atoms with Crippen molar-refractivity contribution in [1.29, 1.82) is 0 Å². The summed E-state index contributed by atoms with van der Waals surface area (Å²) >= 11 is 0. The molecular weight excluding hydrogens is 396 g/mol. The topological polar surface area (TPSA) is 57.3 Å². The van der Waals surface area contributed by atoms with Crippen molar-refractivity contribution in [3.8, 4) is 0 Å². The van der Waals surface area contributed by atoms with Crippen molar-refractivity contribution in [2.75, 3.05) is 10.2 Å². The maximum absolute atomic E-state index is 12.4. The van der Waals surface area contributed by atoms with Gasteiger partial charge in [-0.1, -0.05) is 24.3 Å². The van der Waals surface area contributed by atoms with Crippen LogP contribution in [0.1, 0.15) is 37.7 Å². The Balaban J connectivity index is 0.00000218. The van der Waals surface area contributed by atoms with Gasteiger partial charge in [0, 0.05) is 47.5 Å². The molecule has 5 nitrogen and oxygen atoms in total. The van der Waals surface area contributed by atoms with Gasteiger partial charge in [-0.3, -0.25) is 4.98 Å². The average Bonchev–Trinajstić information content (AvgIpc) is 3.01. The predicted molar refractivity (Wildman–Crippen MR) is 124 cm³/mol. The lowest BCUT2D eigenvalue weighted by Crippen LogP contribution is -2.39. The third kappa shape index (κ3) is 4.08. The Morgan fingerprint density at radius 2 is 1.77 bits per heavy atom. The van der Waals surface area contributed by atoms with Crippen LogP contribution >= 0.6 is 12.4 Å². The first-order valence-electron chi connectivity index (χ1n) is 10.5. The van der Waals surface area contributed by atoms with Gasteiger partial charge in [-0.2, -0.15) is 0 Å². The second-order valence-corrected chi connectivity index (χ2v) is 8.10. The fraction of sp³-hybridized carbons (Fsp3) is 0.333. The maximum Gasteiger partial charge on any atom is 0.319 e. The number of carbonyl (C=O) groups excluding carboxylic acids is 1. The molecule has 5 rings (SSSR count). The van der Waals surface area contributed by atoms with Crippen LogP contribution in [0.3, 0.4) is 0 Å². The van der Waals surface area contributed by atoms with E-state index in [2.05, 4.69) is 44.8 Å². The number of urea groups is 1. The Labute approximate surface area is 183 Å². The highest BCUT2D eigenvalue weighted by Crippen LogP contribution is 2.39. The molecule has 3 aromatic rings. The monoisotopic (exact) mass is 422 g/mol. The van der Waals surface area contributed by atoms with Crippen molar-refractivity contribution in [3.63, 3.8) is 0 Å². The SMILES string of the molecule is Cl.O=C(NCc1ccc(N2[C@@H]3CCC[C@H]2CC3)cc1)Nc1cccc2cnccc12. The molecule has 2 amide bonds. The lowest BCUT2D eigenvalue weighted by atomic mass is 10.0. The van der Waals surface area contributed by atoms with Gasteiger partial charge in [-0.05, 0) is 61.9 Å². The number of aromatic nitrogens is 1. The Kier molecular flexibility index (Phi) is 6.09. The Morgan fingerprint density at radius 3 is 2.53 bits per heavy atom. The molecular formula is C24H27ClN4O. The van der Waals surface area contributed by atoms with Crippen molar-refractivity contribution >= 4 is 40.6 Å². The third-order valence-electron chi connectivity index (χ3n) is 6.31. The van der Waals surface area contributed by atoms with Crippen molar-refractivity contribution in [2.45, 2.75) is 50.7 Å². The molecule has 0 saturated carbocycles. The molecule has 2 atom stereocenters. The zero-order valence-electron chi connectivity index (χ0n) is 16.9. The zero-order chi connectivity index (χ0) is 19.6. The number of benzene rings is 2. The highest BCUT2D eigenvalue weighted by atomic mass is 35.5. The number of fused-ring (bicyclic) bond motifs is 3. The van der Waals surface area contributed by atoms with Crippen LogP contribution in [0, 0.1) is 0 Å². The van der Waals surface area contributed by atoms with E-state index in [9.17, 15) is 4.79 Å². The molecule has 0 spiro atoms. The summed E-state index contributed by atoms with van der Waals surface area (Å²) in [6.07, 6.45) is 10.2. The predicted octanol–water partition coefficient (Wildman–Crippen LogP) is 5.50. The minimum atomic E-state index is -0.201. The van der Waals surface area contributed by atoms with E-state index in [0.717, 1.165) is 34.1 Å². The molecule has 3 heterocycles. The summed E-state index contributed by atoms with van der Waals surface area (Å²) in [4.78, 5) is 19.2. The second kappa shape index (κ2) is 8.92. The molecule has 2 aliphatic heterocycles. The first-order valence-corrected chi connectivity index (χ1v) is 10.5. The number of halogens is 1. The molecule has 1 aromatic heterocycles. The van der Waals surface area contributed by atoms with E-state index in [1.807, 2.05) is 24.3 Å². The number of hydrogen-bond acceptors (Lipinski definition) is 3. The number of carbonyl (C=O) groups is 1. The van der Waals surface area contributed by atoms with Crippen LogP contribution in [-0.2, 0) is 6.54 Å². The van der Waals surface area contributed by atoms with Crippen LogP contribution in [0.2, 0.25) is 0 Å². The first kappa shape index (κ1) is 20.5. The lowest BCUT2D eigenvalue weighted by molar-refractivity contribution is 0.252. The Hall–Kier alpha value is -2.79. The third-order valence-corrected chi connectivity index (χ3v) is 6.31. The Morgan fingerprint density at radius 1 is 1.00 bits per heavy atom. The molecule has 2 aliphatic rings. The first-order chi connectivity index (χ1) is 14.3. The number of hydrogen-bond donors (Lipinski definition) is 2. The van der Waals surface area contributed by atoms with E-state index >= 15 is 0 Å². The molecule has 2 N–H and O–H groups in total. The summed E-state index contributed by atoms with van der Waals surface area (Å²) in [6, 6.07) is 17.7. The van der Waals surface area contributed by atoms with Crippen LogP contribution in [0.5, 0.6) is 0 Å². The number of amides is 2. The van der Waals surface area contributed by atoms with E-state index in [1.165, 1.54) is 37.8 Å². The van der Waals surface area contributed by atoms with Gasteiger partial charge in [0.05, 0.1) is 5.69 Å². The lowest BCUT2D eigenvalue weighted by Gasteiger charge is -2.36. The van der Waals surface area contributed by atoms with E-state index in [0.29, 0.717) is 6.54 Å². The fourth-order valence-corrected chi connectivity index (χ4v) is 4.90. The largest absolute Gasteiger partial charge is 0.366 e. The minimum Gasteiger partial charge on any atom is -0.366 e. The van der Waals surface area contributed by atoms with Crippen molar-refractivity contribution in [1.82, 2.24) is 10.3 Å². The molecule has 0 radical (unpaired) electrons. The minimum absolute atomic E-state index is 0. The molecule has 2 bridgehead atoms. The summed E-state index contributed by atoms with van der Waals surface area (Å²) in [5.74, 6) is 0. The number of nitrogens with zero attached hydrogens (tertiary/aromatic N) is 2. The molecule has 0 aliphatic carbocycles. The summed E-state index contributed by atoms with van der Waals surface area (Å²) in [7, 11) is 0. The van der Waals surface area contributed by atoms with Gasteiger partial charge < -0.3 is 15.5 Å². The van der Waals surface area contributed by atoms with Crippen molar-refractivity contribution in [3.05, 3.63) is 66.5 Å². The van der Waals surface area contributed by atoms with Crippen LogP contribution in [0.4, 0.5) is 16.2 Å². The quantitative estimate of drug-likeness (QED) is 0.583. The average molecular weight is 423 g/mol. The van der Waals surface area contributed by atoms with Gasteiger partial charge in [0.1, 0.15) is 0 Å². The number of pyridine rings is 1. The van der Waals surface area contributed by atoms with Crippen molar-refractivity contribution < 1.29 is 4.79 Å². The highest BCUT2D eigenvalue weighted by Gasteiger charge is 2.36. The number of piperidine rings is 1. The number of nitrogens with one attached hydrogen (secondary N) is 2. The van der Waals surface area contributed by atoms with Crippen LogP contribution in [0.25, 0.3) is 10.8 Å². The second-order valence-electron chi connectivity index (χ2n) is 8.10. The van der Waals surface area contributed by atoms with Gasteiger partial charge in [-0.15, -0.1) is 12.4 Å². The number of rotatable bonds is 4. The van der Waals surface area contributed by atoms with Gasteiger partial charge in [0.15, 0.2) is 0 Å². The van der Waals surface area contributed by atoms with Crippen LogP contribution in [-0.4, -0.2) is 23.1 Å². The number of anilines is 2. The molecule has 2 aromatic carbocycles. The smallest absolute Gasteiger partial charge is 0.319 e. The molecule has 2 saturated heterocycles. The molecule has 156 valence electrons. The van der Waals surface area contributed by atoms with Crippen LogP contribution in [0.15, 0.2) is 60.9 Å². The van der Waals surface area contributed by atoms with Gasteiger partial charge >= 0.3 is 6.03 Å². The molecule has 0 unspecified atom stereocenters. The van der Waals surface area contributed by atoms with E-state index in [-0.39, 0.29) is 18.4 Å². The summed E-state index contributed by atoms with van der Waals surface area (Å²) < 4.78 is 0. The van der Waals surface area contributed by atoms with Gasteiger partial charge in [0.25, 0.3) is 0 Å². The van der Waals surface area contributed by atoms with Gasteiger partial charge in [-0.25, -0.2) is 4.79 Å². The van der Waals surface area contributed by atoms with E-state index < -0.39 is 0 Å².